The van der Waals surface area contributed by atoms with Crippen LogP contribution in [0.3, 0.4) is 0 Å². The molecule has 2 N–H and O–H groups in total. The number of nitrogens with zero attached hydrogens (tertiary/aromatic N) is 1. The molecular weight excluding hydrogens is 256 g/mol. The maximum absolute atomic E-state index is 6.05. The van der Waals surface area contributed by atoms with Crippen molar-refractivity contribution in [3.8, 4) is 0 Å². The molecule has 1 saturated heterocycles. The van der Waals surface area contributed by atoms with Crippen molar-refractivity contribution in [1.29, 1.82) is 0 Å². The first-order valence-corrected chi connectivity index (χ1v) is 7.73. The highest BCUT2D eigenvalue weighted by molar-refractivity contribution is 6.30. The second kappa shape index (κ2) is 6.74. The Morgan fingerprint density at radius 1 is 1.47 bits per heavy atom. The van der Waals surface area contributed by atoms with Crippen molar-refractivity contribution in [3.63, 3.8) is 0 Å². The fourth-order valence-electron chi connectivity index (χ4n) is 3.20. The summed E-state index contributed by atoms with van der Waals surface area (Å²) in [6.07, 6.45) is 3.93. The van der Waals surface area contributed by atoms with Crippen molar-refractivity contribution in [2.45, 2.75) is 39.2 Å². The number of piperidine rings is 1. The highest BCUT2D eigenvalue weighted by atomic mass is 35.5. The van der Waals surface area contributed by atoms with Gasteiger partial charge in [0.25, 0.3) is 0 Å². The predicted octanol–water partition coefficient (Wildman–Crippen LogP) is 3.77. The van der Waals surface area contributed by atoms with Gasteiger partial charge in [-0.15, -0.1) is 0 Å². The standard InChI is InChI=1S/C16H25ClN2/c1-3-13-5-4-8-19(11-13)16(10-18)15-7-6-14(17)9-12(15)2/h6-7,9,13,16H,3-5,8,10-11,18H2,1-2H3. The molecule has 1 aromatic carbocycles. The minimum Gasteiger partial charge on any atom is -0.329 e. The summed E-state index contributed by atoms with van der Waals surface area (Å²) in [6, 6.07) is 6.51. The second-order valence-corrected chi connectivity index (χ2v) is 6.10. The normalized spacial score (nSPS) is 22.4. The van der Waals surface area contributed by atoms with Crippen molar-refractivity contribution in [2.75, 3.05) is 19.6 Å². The highest BCUT2D eigenvalue weighted by Crippen LogP contribution is 2.30. The third-order valence-electron chi connectivity index (χ3n) is 4.38. The summed E-state index contributed by atoms with van der Waals surface area (Å²) < 4.78 is 0. The Balaban J connectivity index is 2.19. The van der Waals surface area contributed by atoms with Gasteiger partial charge in [-0.2, -0.15) is 0 Å². The lowest BCUT2D eigenvalue weighted by molar-refractivity contribution is 0.124. The average molecular weight is 281 g/mol. The summed E-state index contributed by atoms with van der Waals surface area (Å²) in [4.78, 5) is 2.56. The molecule has 2 nitrogen and oxygen atoms in total. The largest absolute Gasteiger partial charge is 0.329 e. The van der Waals surface area contributed by atoms with Crippen molar-refractivity contribution >= 4 is 11.6 Å². The van der Waals surface area contributed by atoms with Gasteiger partial charge >= 0.3 is 0 Å². The summed E-state index contributed by atoms with van der Waals surface area (Å²) >= 11 is 6.05. The summed E-state index contributed by atoms with van der Waals surface area (Å²) in [5.41, 5.74) is 8.64. The third kappa shape index (κ3) is 3.50. The number of hydrogen-bond donors (Lipinski definition) is 1. The lowest BCUT2D eigenvalue weighted by atomic mass is 9.92. The molecule has 2 atom stereocenters. The summed E-state index contributed by atoms with van der Waals surface area (Å²) in [7, 11) is 0. The van der Waals surface area contributed by atoms with E-state index in [1.54, 1.807) is 0 Å². The maximum Gasteiger partial charge on any atom is 0.0473 e. The zero-order chi connectivity index (χ0) is 13.8. The lowest BCUT2D eigenvalue weighted by Gasteiger charge is -2.38. The molecule has 106 valence electrons. The van der Waals surface area contributed by atoms with Gasteiger partial charge in [-0.1, -0.05) is 31.0 Å². The molecule has 19 heavy (non-hydrogen) atoms. The first-order valence-electron chi connectivity index (χ1n) is 7.35. The van der Waals surface area contributed by atoms with Gasteiger partial charge < -0.3 is 5.73 Å². The smallest absolute Gasteiger partial charge is 0.0473 e. The molecule has 1 heterocycles. The van der Waals surface area contributed by atoms with E-state index in [-0.39, 0.29) is 0 Å². The molecule has 2 unspecified atom stereocenters. The van der Waals surface area contributed by atoms with Crippen molar-refractivity contribution in [3.05, 3.63) is 34.3 Å². The Hall–Kier alpha value is -0.570. The van der Waals surface area contributed by atoms with Crippen LogP contribution in [-0.2, 0) is 0 Å². The van der Waals surface area contributed by atoms with Gasteiger partial charge in [0.05, 0.1) is 0 Å². The molecule has 1 aliphatic heterocycles. The van der Waals surface area contributed by atoms with E-state index >= 15 is 0 Å². The fourth-order valence-corrected chi connectivity index (χ4v) is 3.43. The number of benzene rings is 1. The molecule has 3 heteroatoms. The Bertz CT molecular complexity index is 419. The molecule has 1 fully saturated rings. The van der Waals surface area contributed by atoms with Crippen molar-refractivity contribution < 1.29 is 0 Å². The first kappa shape index (κ1) is 14.8. The molecule has 0 aromatic heterocycles. The van der Waals surface area contributed by atoms with Crippen LogP contribution in [0.1, 0.15) is 43.4 Å². The molecule has 2 rings (SSSR count). The van der Waals surface area contributed by atoms with E-state index in [2.05, 4.69) is 24.8 Å². The second-order valence-electron chi connectivity index (χ2n) is 5.66. The molecule has 0 amide bonds. The first-order chi connectivity index (χ1) is 9.15. The van der Waals surface area contributed by atoms with Crippen molar-refractivity contribution in [1.82, 2.24) is 4.90 Å². The van der Waals surface area contributed by atoms with Crippen LogP contribution < -0.4 is 5.73 Å². The number of rotatable bonds is 4. The Labute approximate surface area is 121 Å². The number of likely N-dealkylation sites (tertiary alicyclic amines) is 1. The Morgan fingerprint density at radius 2 is 2.26 bits per heavy atom. The van der Waals surface area contributed by atoms with Gasteiger partial charge in [0, 0.05) is 24.2 Å². The monoisotopic (exact) mass is 280 g/mol. The van der Waals surface area contributed by atoms with Gasteiger partial charge in [-0.25, -0.2) is 0 Å². The zero-order valence-electron chi connectivity index (χ0n) is 12.0. The average Bonchev–Trinajstić information content (AvgIpc) is 2.42. The van der Waals surface area contributed by atoms with Crippen LogP contribution in [0, 0.1) is 12.8 Å². The van der Waals surface area contributed by atoms with Crippen molar-refractivity contribution in [2.24, 2.45) is 11.7 Å². The quantitative estimate of drug-likeness (QED) is 0.910. The summed E-state index contributed by atoms with van der Waals surface area (Å²) in [6.45, 7) is 7.45. The maximum atomic E-state index is 6.05. The number of hydrogen-bond acceptors (Lipinski definition) is 2. The SMILES string of the molecule is CCC1CCCN(C(CN)c2ccc(Cl)cc2C)C1. The molecular formula is C16H25ClN2. The number of halogens is 1. The van der Waals surface area contributed by atoms with Crippen LogP contribution in [0.4, 0.5) is 0 Å². The fraction of sp³-hybridized carbons (Fsp3) is 0.625. The van der Waals surface area contributed by atoms with Gasteiger partial charge in [0.1, 0.15) is 0 Å². The zero-order valence-corrected chi connectivity index (χ0v) is 12.8. The summed E-state index contributed by atoms with van der Waals surface area (Å²) in [5.74, 6) is 0.829. The third-order valence-corrected chi connectivity index (χ3v) is 4.62. The predicted molar refractivity (Wildman–Crippen MR) is 82.6 cm³/mol. The molecule has 0 saturated carbocycles. The van der Waals surface area contributed by atoms with Gasteiger partial charge in [-0.3, -0.25) is 4.90 Å². The van der Waals surface area contributed by atoms with E-state index < -0.39 is 0 Å². The molecule has 0 spiro atoms. The van der Waals surface area contributed by atoms with E-state index in [9.17, 15) is 0 Å². The molecule has 1 aromatic rings. The van der Waals surface area contributed by atoms with E-state index in [1.807, 2.05) is 12.1 Å². The number of nitrogens with two attached hydrogens (primary N) is 1. The molecule has 0 bridgehead atoms. The van der Waals surface area contributed by atoms with Gasteiger partial charge in [-0.05, 0) is 55.5 Å². The van der Waals surface area contributed by atoms with E-state index in [0.717, 1.165) is 10.9 Å². The highest BCUT2D eigenvalue weighted by Gasteiger charge is 2.26. The van der Waals surface area contributed by atoms with E-state index in [4.69, 9.17) is 17.3 Å². The topological polar surface area (TPSA) is 29.3 Å². The molecule has 0 radical (unpaired) electrons. The van der Waals surface area contributed by atoms with E-state index in [0.29, 0.717) is 12.6 Å². The molecule has 1 aliphatic rings. The van der Waals surface area contributed by atoms with Gasteiger partial charge in [0.15, 0.2) is 0 Å². The summed E-state index contributed by atoms with van der Waals surface area (Å²) in [5, 5.41) is 0.808. The van der Waals surface area contributed by atoms with E-state index in [1.165, 1.54) is 43.5 Å². The minimum atomic E-state index is 0.339. The number of aryl methyl sites for hydroxylation is 1. The van der Waals surface area contributed by atoms with Crippen LogP contribution in [0.25, 0.3) is 0 Å². The van der Waals surface area contributed by atoms with Crippen LogP contribution in [0.15, 0.2) is 18.2 Å². The van der Waals surface area contributed by atoms with Crippen LogP contribution in [0.5, 0.6) is 0 Å². The van der Waals surface area contributed by atoms with Gasteiger partial charge in [0.2, 0.25) is 0 Å². The van der Waals surface area contributed by atoms with Crippen LogP contribution >= 0.6 is 11.6 Å². The minimum absolute atomic E-state index is 0.339. The molecule has 0 aliphatic carbocycles. The Kier molecular flexibility index (Phi) is 5.26. The lowest BCUT2D eigenvalue weighted by Crippen LogP contribution is -2.41. The Morgan fingerprint density at radius 3 is 2.89 bits per heavy atom. The van der Waals surface area contributed by atoms with Crippen LogP contribution in [-0.4, -0.2) is 24.5 Å². The van der Waals surface area contributed by atoms with Crippen LogP contribution in [0.2, 0.25) is 5.02 Å².